The van der Waals surface area contributed by atoms with Crippen LogP contribution < -0.4 is 0 Å². The highest BCUT2D eigenvalue weighted by atomic mass is 79.9. The van der Waals surface area contributed by atoms with E-state index in [1.54, 1.807) is 0 Å². The van der Waals surface area contributed by atoms with Crippen molar-refractivity contribution in [2.24, 2.45) is 0 Å². The van der Waals surface area contributed by atoms with E-state index < -0.39 is 0 Å². The molecule has 0 saturated carbocycles. The van der Waals surface area contributed by atoms with Crippen molar-refractivity contribution in [2.75, 3.05) is 5.33 Å². The third-order valence-corrected chi connectivity index (χ3v) is 3.09. The minimum Gasteiger partial charge on any atom is -0.291 e. The molecule has 0 aliphatic heterocycles. The fourth-order valence-electron chi connectivity index (χ4n) is 1.29. The van der Waals surface area contributed by atoms with E-state index >= 15 is 0 Å². The molecule has 0 radical (unpaired) electrons. The Morgan fingerprint density at radius 1 is 1.71 bits per heavy atom. The predicted octanol–water partition coefficient (Wildman–Crippen LogP) is 2.86. The highest BCUT2D eigenvalue weighted by molar-refractivity contribution is 9.09. The molecular formula is C8H8Br2N2OS. The van der Waals surface area contributed by atoms with Gasteiger partial charge in [-0.3, -0.25) is 9.20 Å². The summed E-state index contributed by atoms with van der Waals surface area (Å²) in [4.78, 5) is 16.7. The number of carbonyl (C=O) groups is 1. The van der Waals surface area contributed by atoms with Gasteiger partial charge in [-0.1, -0.05) is 15.9 Å². The lowest BCUT2D eigenvalue weighted by Crippen LogP contribution is -2.05. The molecule has 0 aromatic carbocycles. The number of alkyl halides is 1. The van der Waals surface area contributed by atoms with Gasteiger partial charge in [0.2, 0.25) is 0 Å². The normalized spacial score (nSPS) is 10.1. The summed E-state index contributed by atoms with van der Waals surface area (Å²) < 4.78 is 1.84. The van der Waals surface area contributed by atoms with E-state index in [9.17, 15) is 4.79 Å². The van der Waals surface area contributed by atoms with E-state index in [2.05, 4.69) is 20.9 Å². The number of aryl methyl sites for hydroxylation is 1. The van der Waals surface area contributed by atoms with Crippen LogP contribution in [0.3, 0.4) is 0 Å². The smallest absolute Gasteiger partial charge is 0.194 e. The van der Waals surface area contributed by atoms with Crippen LogP contribution in [0.25, 0.3) is 4.96 Å². The first-order valence-electron chi connectivity index (χ1n) is 3.75. The molecule has 6 heteroatoms. The molecule has 0 bridgehead atoms. The van der Waals surface area contributed by atoms with Gasteiger partial charge in [0.15, 0.2) is 10.7 Å². The Bertz CT molecular complexity index is 463. The first-order valence-corrected chi connectivity index (χ1v) is 5.75. The second-order valence-corrected chi connectivity index (χ2v) is 4.09. The lowest BCUT2D eigenvalue weighted by atomic mass is 10.2. The summed E-state index contributed by atoms with van der Waals surface area (Å²) in [6.45, 7) is 1.86. The van der Waals surface area contributed by atoms with E-state index in [1.165, 1.54) is 11.3 Å². The molecule has 2 heterocycles. The van der Waals surface area contributed by atoms with Crippen LogP contribution in [0.15, 0.2) is 11.6 Å². The van der Waals surface area contributed by atoms with E-state index in [4.69, 9.17) is 0 Å². The van der Waals surface area contributed by atoms with Crippen molar-refractivity contribution in [1.29, 1.82) is 0 Å². The van der Waals surface area contributed by atoms with Crippen LogP contribution in [0.5, 0.6) is 0 Å². The van der Waals surface area contributed by atoms with Crippen LogP contribution in [-0.4, -0.2) is 20.5 Å². The number of rotatable bonds is 2. The first kappa shape index (κ1) is 11.9. The van der Waals surface area contributed by atoms with Gasteiger partial charge in [-0.2, -0.15) is 0 Å². The Balaban J connectivity index is 0.000000980. The number of ketones is 1. The molecule has 3 nitrogen and oxygen atoms in total. The minimum absolute atomic E-state index is 0. The van der Waals surface area contributed by atoms with Crippen molar-refractivity contribution in [3.05, 3.63) is 23.0 Å². The second-order valence-electron chi connectivity index (χ2n) is 2.66. The standard InChI is InChI=1S/C8H7BrN2OS.BrH/c1-5-7(6(12)4-9)11-2-3-13-8(11)10-5;/h2-3H,4H2,1H3;1H. The Morgan fingerprint density at radius 3 is 3.07 bits per heavy atom. The molecule has 0 aliphatic carbocycles. The maximum atomic E-state index is 11.5. The highest BCUT2D eigenvalue weighted by Gasteiger charge is 2.15. The van der Waals surface area contributed by atoms with Crippen molar-refractivity contribution in [3.63, 3.8) is 0 Å². The number of nitrogens with zero attached hydrogens (tertiary/aromatic N) is 2. The molecular weight excluding hydrogens is 332 g/mol. The molecule has 0 atom stereocenters. The van der Waals surface area contributed by atoms with E-state index in [-0.39, 0.29) is 22.8 Å². The zero-order valence-electron chi connectivity index (χ0n) is 7.36. The summed E-state index contributed by atoms with van der Waals surface area (Å²) in [5.41, 5.74) is 1.49. The van der Waals surface area contributed by atoms with Crippen molar-refractivity contribution in [1.82, 2.24) is 9.38 Å². The van der Waals surface area contributed by atoms with E-state index in [0.29, 0.717) is 11.0 Å². The number of hydrogen-bond acceptors (Lipinski definition) is 3. The number of thiazole rings is 1. The average molecular weight is 340 g/mol. The number of fused-ring (bicyclic) bond motifs is 1. The Labute approximate surface area is 104 Å². The summed E-state index contributed by atoms with van der Waals surface area (Å²) in [6, 6.07) is 0. The monoisotopic (exact) mass is 338 g/mol. The van der Waals surface area contributed by atoms with Crippen LogP contribution in [0.4, 0.5) is 0 Å². The molecule has 2 aromatic rings. The van der Waals surface area contributed by atoms with Gasteiger partial charge in [-0.15, -0.1) is 28.3 Å². The first-order chi connectivity index (χ1) is 6.24. The van der Waals surface area contributed by atoms with E-state index in [0.717, 1.165) is 10.7 Å². The summed E-state index contributed by atoms with van der Waals surface area (Å²) in [5.74, 6) is 0.0726. The van der Waals surface area contributed by atoms with Gasteiger partial charge in [0.05, 0.1) is 11.0 Å². The minimum atomic E-state index is 0. The summed E-state index contributed by atoms with van der Waals surface area (Å²) in [5, 5.41) is 2.27. The molecule has 0 N–H and O–H groups in total. The van der Waals surface area contributed by atoms with Crippen molar-refractivity contribution in [2.45, 2.75) is 6.92 Å². The highest BCUT2D eigenvalue weighted by Crippen LogP contribution is 2.17. The molecule has 0 fully saturated rings. The number of imidazole rings is 1. The van der Waals surface area contributed by atoms with Crippen molar-refractivity contribution in [3.8, 4) is 0 Å². The van der Waals surface area contributed by atoms with Crippen LogP contribution in [0.2, 0.25) is 0 Å². The number of Topliss-reactive ketones (excluding diaryl/α,β-unsaturated/α-hetero) is 1. The maximum absolute atomic E-state index is 11.5. The van der Waals surface area contributed by atoms with Gasteiger partial charge in [0.25, 0.3) is 0 Å². The quantitative estimate of drug-likeness (QED) is 0.622. The van der Waals surface area contributed by atoms with Gasteiger partial charge in [-0.05, 0) is 6.92 Å². The lowest BCUT2D eigenvalue weighted by Gasteiger charge is -1.94. The van der Waals surface area contributed by atoms with Crippen LogP contribution in [0.1, 0.15) is 16.2 Å². The topological polar surface area (TPSA) is 34.4 Å². The molecule has 14 heavy (non-hydrogen) atoms. The zero-order chi connectivity index (χ0) is 9.42. The fourth-order valence-corrected chi connectivity index (χ4v) is 2.32. The molecule has 0 saturated heterocycles. The fraction of sp³-hybridized carbons (Fsp3) is 0.250. The van der Waals surface area contributed by atoms with Crippen LogP contribution in [-0.2, 0) is 0 Å². The molecule has 2 aromatic heterocycles. The Hall–Kier alpha value is -0.200. The van der Waals surface area contributed by atoms with E-state index in [1.807, 2.05) is 22.9 Å². The number of hydrogen-bond donors (Lipinski definition) is 0. The third kappa shape index (κ3) is 1.78. The van der Waals surface area contributed by atoms with Gasteiger partial charge >= 0.3 is 0 Å². The molecule has 0 amide bonds. The van der Waals surface area contributed by atoms with Crippen LogP contribution in [0, 0.1) is 6.92 Å². The molecule has 0 unspecified atom stereocenters. The van der Waals surface area contributed by atoms with Crippen LogP contribution >= 0.6 is 44.2 Å². The summed E-state index contributed by atoms with van der Waals surface area (Å²) in [6.07, 6.45) is 1.87. The van der Waals surface area contributed by atoms with Gasteiger partial charge in [0.1, 0.15) is 5.69 Å². The average Bonchev–Trinajstić information content (AvgIpc) is 2.62. The third-order valence-electron chi connectivity index (χ3n) is 1.82. The summed E-state index contributed by atoms with van der Waals surface area (Å²) in [7, 11) is 0. The second kappa shape index (κ2) is 4.55. The summed E-state index contributed by atoms with van der Waals surface area (Å²) >= 11 is 4.69. The maximum Gasteiger partial charge on any atom is 0.194 e. The largest absolute Gasteiger partial charge is 0.291 e. The van der Waals surface area contributed by atoms with Gasteiger partial charge < -0.3 is 0 Å². The number of carbonyl (C=O) groups excluding carboxylic acids is 1. The SMILES string of the molecule is Br.Cc1nc2sccn2c1C(=O)CBr. The number of aromatic nitrogens is 2. The zero-order valence-corrected chi connectivity index (χ0v) is 11.5. The molecule has 76 valence electrons. The predicted molar refractivity (Wildman–Crippen MR) is 66.3 cm³/mol. The molecule has 2 rings (SSSR count). The van der Waals surface area contributed by atoms with Gasteiger partial charge in [-0.25, -0.2) is 4.98 Å². The molecule has 0 spiro atoms. The Kier molecular flexibility index (Phi) is 3.86. The van der Waals surface area contributed by atoms with Crippen molar-refractivity contribution >= 4 is 55.0 Å². The number of halogens is 2. The van der Waals surface area contributed by atoms with Crippen molar-refractivity contribution < 1.29 is 4.79 Å². The Morgan fingerprint density at radius 2 is 2.43 bits per heavy atom. The molecule has 0 aliphatic rings. The lowest BCUT2D eigenvalue weighted by molar-refractivity contribution is 0.101. The van der Waals surface area contributed by atoms with Gasteiger partial charge in [0, 0.05) is 11.6 Å².